The molecule has 3 heteroatoms. The van der Waals surface area contributed by atoms with Crippen molar-refractivity contribution in [3.63, 3.8) is 0 Å². The van der Waals surface area contributed by atoms with E-state index in [9.17, 15) is 5.11 Å². The number of aliphatic hydroxyl groups is 1. The van der Waals surface area contributed by atoms with Gasteiger partial charge in [0.1, 0.15) is 11.5 Å². The molecule has 2 rings (SSSR count). The number of ether oxygens (including phenoxy) is 1. The van der Waals surface area contributed by atoms with Gasteiger partial charge in [0.05, 0.1) is 6.61 Å². The first-order chi connectivity index (χ1) is 8.19. The van der Waals surface area contributed by atoms with Gasteiger partial charge in [-0.3, -0.25) is 0 Å². The van der Waals surface area contributed by atoms with Crippen molar-refractivity contribution in [2.24, 2.45) is 0 Å². The van der Waals surface area contributed by atoms with Gasteiger partial charge in [-0.1, -0.05) is 33.6 Å². The van der Waals surface area contributed by atoms with E-state index in [0.29, 0.717) is 5.75 Å². The first-order valence-corrected chi connectivity index (χ1v) is 6.12. The van der Waals surface area contributed by atoms with Crippen LogP contribution in [-0.4, -0.2) is 5.11 Å². The summed E-state index contributed by atoms with van der Waals surface area (Å²) in [5, 5.41) is 9.26. The van der Waals surface area contributed by atoms with Crippen molar-refractivity contribution in [2.45, 2.75) is 13.5 Å². The summed E-state index contributed by atoms with van der Waals surface area (Å²) in [6, 6.07) is 13.4. The van der Waals surface area contributed by atoms with Crippen molar-refractivity contribution in [1.29, 1.82) is 0 Å². The molecule has 0 amide bonds. The molecule has 0 saturated carbocycles. The molecule has 17 heavy (non-hydrogen) atoms. The van der Waals surface area contributed by atoms with Gasteiger partial charge in [-0.15, -0.1) is 0 Å². The highest BCUT2D eigenvalue weighted by atomic mass is 79.9. The van der Waals surface area contributed by atoms with E-state index in [1.807, 2.05) is 49.4 Å². The van der Waals surface area contributed by atoms with Crippen LogP contribution in [0.4, 0.5) is 0 Å². The fourth-order valence-electron chi connectivity index (χ4n) is 1.50. The molecule has 0 heterocycles. The molecule has 0 bridgehead atoms. The SMILES string of the molecule is Cc1ccc(Oc2ccc(Br)cc2CO)cc1. The first kappa shape index (κ1) is 12.1. The van der Waals surface area contributed by atoms with Crippen LogP contribution in [0.15, 0.2) is 46.9 Å². The van der Waals surface area contributed by atoms with Gasteiger partial charge >= 0.3 is 0 Å². The summed E-state index contributed by atoms with van der Waals surface area (Å²) in [7, 11) is 0. The van der Waals surface area contributed by atoms with Crippen LogP contribution in [0.3, 0.4) is 0 Å². The quantitative estimate of drug-likeness (QED) is 0.925. The Morgan fingerprint density at radius 1 is 1.12 bits per heavy atom. The Labute approximate surface area is 109 Å². The minimum atomic E-state index is -0.0410. The standard InChI is InChI=1S/C14H13BrO2/c1-10-2-5-13(6-3-10)17-14-7-4-12(15)8-11(14)9-16/h2-8,16H,9H2,1H3. The van der Waals surface area contributed by atoms with Crippen LogP contribution in [0.25, 0.3) is 0 Å². The predicted octanol–water partition coefficient (Wildman–Crippen LogP) is 4.04. The van der Waals surface area contributed by atoms with E-state index in [0.717, 1.165) is 15.8 Å². The van der Waals surface area contributed by atoms with Crippen LogP contribution in [0.2, 0.25) is 0 Å². The zero-order chi connectivity index (χ0) is 12.3. The van der Waals surface area contributed by atoms with Crippen LogP contribution in [0.5, 0.6) is 11.5 Å². The zero-order valence-corrected chi connectivity index (χ0v) is 11.1. The molecule has 0 aromatic heterocycles. The fourth-order valence-corrected chi connectivity index (χ4v) is 1.91. The minimum Gasteiger partial charge on any atom is -0.457 e. The van der Waals surface area contributed by atoms with Gasteiger partial charge in [-0.05, 0) is 37.3 Å². The van der Waals surface area contributed by atoms with Crippen molar-refractivity contribution in [1.82, 2.24) is 0 Å². The Balaban J connectivity index is 2.26. The lowest BCUT2D eigenvalue weighted by Crippen LogP contribution is -1.91. The largest absolute Gasteiger partial charge is 0.457 e. The molecule has 0 unspecified atom stereocenters. The van der Waals surface area contributed by atoms with Gasteiger partial charge in [-0.2, -0.15) is 0 Å². The smallest absolute Gasteiger partial charge is 0.133 e. The molecule has 0 spiro atoms. The van der Waals surface area contributed by atoms with Crippen LogP contribution in [-0.2, 0) is 6.61 Å². The molecule has 0 saturated heterocycles. The van der Waals surface area contributed by atoms with Gasteiger partial charge < -0.3 is 9.84 Å². The normalized spacial score (nSPS) is 10.3. The van der Waals surface area contributed by atoms with E-state index in [1.54, 1.807) is 0 Å². The van der Waals surface area contributed by atoms with Gasteiger partial charge in [0.2, 0.25) is 0 Å². The average molecular weight is 293 g/mol. The maximum absolute atomic E-state index is 9.26. The number of hydrogen-bond acceptors (Lipinski definition) is 2. The van der Waals surface area contributed by atoms with E-state index in [1.165, 1.54) is 5.56 Å². The van der Waals surface area contributed by atoms with Gasteiger partial charge in [0, 0.05) is 10.0 Å². The van der Waals surface area contributed by atoms with Crippen molar-refractivity contribution in [2.75, 3.05) is 0 Å². The fraction of sp³-hybridized carbons (Fsp3) is 0.143. The van der Waals surface area contributed by atoms with Gasteiger partial charge in [0.25, 0.3) is 0 Å². The van der Waals surface area contributed by atoms with E-state index in [4.69, 9.17) is 4.74 Å². The van der Waals surface area contributed by atoms with Crippen LogP contribution in [0.1, 0.15) is 11.1 Å². The zero-order valence-electron chi connectivity index (χ0n) is 9.48. The second-order valence-electron chi connectivity index (χ2n) is 3.83. The van der Waals surface area contributed by atoms with E-state index in [2.05, 4.69) is 15.9 Å². The molecule has 2 nitrogen and oxygen atoms in total. The number of rotatable bonds is 3. The first-order valence-electron chi connectivity index (χ1n) is 5.33. The van der Waals surface area contributed by atoms with Crippen molar-refractivity contribution < 1.29 is 9.84 Å². The molecule has 2 aromatic rings. The highest BCUT2D eigenvalue weighted by Crippen LogP contribution is 2.28. The Kier molecular flexibility index (Phi) is 3.82. The van der Waals surface area contributed by atoms with Gasteiger partial charge in [0.15, 0.2) is 0 Å². The number of benzene rings is 2. The Bertz CT molecular complexity index is 506. The average Bonchev–Trinajstić information content (AvgIpc) is 2.34. The maximum Gasteiger partial charge on any atom is 0.133 e. The summed E-state index contributed by atoms with van der Waals surface area (Å²) >= 11 is 3.37. The lowest BCUT2D eigenvalue weighted by molar-refractivity contribution is 0.276. The Morgan fingerprint density at radius 3 is 2.47 bits per heavy atom. The Hall–Kier alpha value is -1.32. The third-order valence-electron chi connectivity index (χ3n) is 2.44. The van der Waals surface area contributed by atoms with Crippen molar-refractivity contribution in [3.8, 4) is 11.5 Å². The van der Waals surface area contributed by atoms with E-state index < -0.39 is 0 Å². The highest BCUT2D eigenvalue weighted by Gasteiger charge is 2.04. The van der Waals surface area contributed by atoms with E-state index in [-0.39, 0.29) is 6.61 Å². The molecule has 88 valence electrons. The molecular weight excluding hydrogens is 280 g/mol. The van der Waals surface area contributed by atoms with E-state index >= 15 is 0 Å². The van der Waals surface area contributed by atoms with Crippen LogP contribution >= 0.6 is 15.9 Å². The summed E-state index contributed by atoms with van der Waals surface area (Å²) in [6.45, 7) is 1.99. The molecular formula is C14H13BrO2. The van der Waals surface area contributed by atoms with Crippen LogP contribution < -0.4 is 4.74 Å². The molecule has 0 atom stereocenters. The molecule has 0 fully saturated rings. The summed E-state index contributed by atoms with van der Waals surface area (Å²) in [5.74, 6) is 1.45. The molecule has 0 aliphatic carbocycles. The summed E-state index contributed by atoms with van der Waals surface area (Å²) < 4.78 is 6.66. The number of aryl methyl sites for hydroxylation is 1. The van der Waals surface area contributed by atoms with Crippen molar-refractivity contribution in [3.05, 3.63) is 58.1 Å². The minimum absolute atomic E-state index is 0.0410. The summed E-state index contributed by atoms with van der Waals surface area (Å²) in [5.41, 5.74) is 1.95. The second-order valence-corrected chi connectivity index (χ2v) is 4.74. The lowest BCUT2D eigenvalue weighted by Gasteiger charge is -2.10. The molecule has 0 aliphatic rings. The third-order valence-corrected chi connectivity index (χ3v) is 2.93. The number of halogens is 1. The molecule has 1 N–H and O–H groups in total. The third kappa shape index (κ3) is 3.08. The van der Waals surface area contributed by atoms with Crippen LogP contribution in [0, 0.1) is 6.92 Å². The maximum atomic E-state index is 9.26. The molecule has 0 aliphatic heterocycles. The summed E-state index contributed by atoms with van der Waals surface area (Å²) in [4.78, 5) is 0. The number of hydrogen-bond donors (Lipinski definition) is 1. The monoisotopic (exact) mass is 292 g/mol. The molecule has 0 radical (unpaired) electrons. The number of aliphatic hydroxyl groups excluding tert-OH is 1. The second kappa shape index (κ2) is 5.34. The van der Waals surface area contributed by atoms with Crippen molar-refractivity contribution >= 4 is 15.9 Å². The Morgan fingerprint density at radius 2 is 1.82 bits per heavy atom. The predicted molar refractivity (Wildman–Crippen MR) is 71.3 cm³/mol. The lowest BCUT2D eigenvalue weighted by atomic mass is 10.2. The van der Waals surface area contributed by atoms with Gasteiger partial charge in [-0.25, -0.2) is 0 Å². The highest BCUT2D eigenvalue weighted by molar-refractivity contribution is 9.10. The molecule has 2 aromatic carbocycles. The topological polar surface area (TPSA) is 29.5 Å². The summed E-state index contributed by atoms with van der Waals surface area (Å²) in [6.07, 6.45) is 0.